The summed E-state index contributed by atoms with van der Waals surface area (Å²) < 4.78 is 26.0. The fourth-order valence-electron chi connectivity index (χ4n) is 2.05. The number of rotatable bonds is 4. The average Bonchev–Trinajstić information content (AvgIpc) is 2.61. The molecule has 3 aromatic rings. The smallest absolute Gasteiger partial charge is 0.258 e. The van der Waals surface area contributed by atoms with Crippen molar-refractivity contribution in [3.63, 3.8) is 0 Å². The van der Waals surface area contributed by atoms with Crippen LogP contribution >= 0.6 is 0 Å². The predicted octanol–water partition coefficient (Wildman–Crippen LogP) is 4.06. The lowest BCUT2D eigenvalue weighted by Crippen LogP contribution is -2.13. The molecule has 0 aliphatic carbocycles. The molecule has 0 spiro atoms. The third kappa shape index (κ3) is 4.14. The molecule has 1 aromatic heterocycles. The number of hydrogen-bond donors (Lipinski definition) is 2. The molecule has 2 aromatic carbocycles. The largest absolute Gasteiger partial charge is 0.324 e. The SMILES string of the molecule is Cc1ccc(Nc2ncc(C(=O)Nc3ccc(F)c(F)c3)cn2)cc1. The standard InChI is InChI=1S/C18H14F2N4O/c1-11-2-4-13(5-3-11)24-18-21-9-12(10-22-18)17(25)23-14-6-7-15(19)16(20)8-14/h2-10H,1H3,(H,23,25)(H,21,22,24). The molecule has 1 heterocycles. The summed E-state index contributed by atoms with van der Waals surface area (Å²) in [7, 11) is 0. The van der Waals surface area contributed by atoms with E-state index in [9.17, 15) is 13.6 Å². The first-order valence-electron chi connectivity index (χ1n) is 7.43. The molecule has 0 saturated carbocycles. The lowest BCUT2D eigenvalue weighted by atomic mass is 10.2. The topological polar surface area (TPSA) is 66.9 Å². The Kier molecular flexibility index (Phi) is 4.65. The Morgan fingerprint density at radius 1 is 0.920 bits per heavy atom. The van der Waals surface area contributed by atoms with Crippen molar-refractivity contribution >= 4 is 23.2 Å². The normalized spacial score (nSPS) is 10.4. The molecule has 0 aliphatic heterocycles. The second-order valence-corrected chi connectivity index (χ2v) is 5.37. The summed E-state index contributed by atoms with van der Waals surface area (Å²) in [5.74, 6) is -2.19. The van der Waals surface area contributed by atoms with Gasteiger partial charge in [-0.1, -0.05) is 17.7 Å². The van der Waals surface area contributed by atoms with Crippen molar-refractivity contribution in [1.29, 1.82) is 0 Å². The van der Waals surface area contributed by atoms with E-state index in [-0.39, 0.29) is 11.3 Å². The van der Waals surface area contributed by atoms with Crippen LogP contribution in [0.5, 0.6) is 0 Å². The maximum Gasteiger partial charge on any atom is 0.258 e. The molecule has 0 radical (unpaired) electrons. The Bertz CT molecular complexity index is 896. The zero-order valence-corrected chi connectivity index (χ0v) is 13.3. The van der Waals surface area contributed by atoms with Gasteiger partial charge < -0.3 is 10.6 Å². The number of benzene rings is 2. The summed E-state index contributed by atoms with van der Waals surface area (Å²) >= 11 is 0. The first-order valence-corrected chi connectivity index (χ1v) is 7.43. The molecule has 7 heteroatoms. The van der Waals surface area contributed by atoms with Gasteiger partial charge in [0.25, 0.3) is 5.91 Å². The highest BCUT2D eigenvalue weighted by molar-refractivity contribution is 6.03. The summed E-state index contributed by atoms with van der Waals surface area (Å²) in [4.78, 5) is 20.2. The zero-order valence-electron chi connectivity index (χ0n) is 13.3. The zero-order chi connectivity index (χ0) is 17.8. The van der Waals surface area contributed by atoms with Gasteiger partial charge in [-0.15, -0.1) is 0 Å². The number of nitrogens with one attached hydrogen (secondary N) is 2. The first-order chi connectivity index (χ1) is 12.0. The molecule has 0 fully saturated rings. The van der Waals surface area contributed by atoms with E-state index in [1.807, 2.05) is 31.2 Å². The second-order valence-electron chi connectivity index (χ2n) is 5.37. The Morgan fingerprint density at radius 2 is 1.56 bits per heavy atom. The van der Waals surface area contributed by atoms with Crippen LogP contribution in [0.1, 0.15) is 15.9 Å². The number of aryl methyl sites for hydroxylation is 1. The quantitative estimate of drug-likeness (QED) is 0.752. The van der Waals surface area contributed by atoms with Crippen molar-refractivity contribution in [2.24, 2.45) is 0 Å². The average molecular weight is 340 g/mol. The maximum absolute atomic E-state index is 13.2. The van der Waals surface area contributed by atoms with Gasteiger partial charge in [0.2, 0.25) is 5.95 Å². The number of nitrogens with zero attached hydrogens (tertiary/aromatic N) is 2. The van der Waals surface area contributed by atoms with E-state index in [1.54, 1.807) is 0 Å². The van der Waals surface area contributed by atoms with Crippen molar-refractivity contribution in [3.8, 4) is 0 Å². The number of aromatic nitrogens is 2. The molecule has 5 nitrogen and oxygen atoms in total. The summed E-state index contributed by atoms with van der Waals surface area (Å²) in [5.41, 5.74) is 2.30. The van der Waals surface area contributed by atoms with Crippen molar-refractivity contribution in [2.45, 2.75) is 6.92 Å². The van der Waals surface area contributed by atoms with E-state index < -0.39 is 17.5 Å². The molecular weight excluding hydrogens is 326 g/mol. The van der Waals surface area contributed by atoms with Gasteiger partial charge in [0.05, 0.1) is 5.56 Å². The molecule has 3 rings (SSSR count). The second kappa shape index (κ2) is 7.04. The van der Waals surface area contributed by atoms with Crippen LogP contribution in [0.2, 0.25) is 0 Å². The number of amides is 1. The number of halogens is 2. The van der Waals surface area contributed by atoms with Crippen molar-refractivity contribution in [3.05, 3.63) is 77.6 Å². The van der Waals surface area contributed by atoms with Gasteiger partial charge in [0.1, 0.15) is 0 Å². The van der Waals surface area contributed by atoms with Gasteiger partial charge >= 0.3 is 0 Å². The third-order valence-corrected chi connectivity index (χ3v) is 3.40. The van der Waals surface area contributed by atoms with Crippen molar-refractivity contribution in [1.82, 2.24) is 9.97 Å². The Balaban J connectivity index is 1.67. The molecule has 0 bridgehead atoms. The minimum Gasteiger partial charge on any atom is -0.324 e. The molecule has 2 N–H and O–H groups in total. The highest BCUT2D eigenvalue weighted by Crippen LogP contribution is 2.15. The van der Waals surface area contributed by atoms with Crippen molar-refractivity contribution < 1.29 is 13.6 Å². The van der Waals surface area contributed by atoms with E-state index >= 15 is 0 Å². The van der Waals surface area contributed by atoms with Crippen LogP contribution in [0.15, 0.2) is 54.9 Å². The van der Waals surface area contributed by atoms with E-state index in [2.05, 4.69) is 20.6 Å². The molecule has 25 heavy (non-hydrogen) atoms. The Labute approximate surface area is 142 Å². The van der Waals surface area contributed by atoms with E-state index in [0.29, 0.717) is 5.95 Å². The van der Waals surface area contributed by atoms with Crippen LogP contribution in [-0.4, -0.2) is 15.9 Å². The van der Waals surface area contributed by atoms with Crippen LogP contribution in [0.25, 0.3) is 0 Å². The molecular formula is C18H14F2N4O. The molecule has 0 atom stereocenters. The van der Waals surface area contributed by atoms with Crippen LogP contribution < -0.4 is 10.6 Å². The molecule has 0 aliphatic rings. The van der Waals surface area contributed by atoms with Gasteiger partial charge in [-0.05, 0) is 31.2 Å². The van der Waals surface area contributed by atoms with E-state index in [1.165, 1.54) is 18.5 Å². The molecule has 0 saturated heterocycles. The van der Waals surface area contributed by atoms with Gasteiger partial charge in [-0.25, -0.2) is 18.7 Å². The lowest BCUT2D eigenvalue weighted by molar-refractivity contribution is 0.102. The highest BCUT2D eigenvalue weighted by Gasteiger charge is 2.10. The number of hydrogen-bond acceptors (Lipinski definition) is 4. The summed E-state index contributed by atoms with van der Waals surface area (Å²) in [6.07, 6.45) is 2.69. The van der Waals surface area contributed by atoms with Crippen LogP contribution in [-0.2, 0) is 0 Å². The molecule has 126 valence electrons. The van der Waals surface area contributed by atoms with Gasteiger partial charge in [-0.2, -0.15) is 0 Å². The number of carbonyl (C=O) groups excluding carboxylic acids is 1. The maximum atomic E-state index is 13.2. The van der Waals surface area contributed by atoms with Gasteiger partial charge in [0.15, 0.2) is 11.6 Å². The molecule has 1 amide bonds. The first kappa shape index (κ1) is 16.5. The number of carbonyl (C=O) groups is 1. The third-order valence-electron chi connectivity index (χ3n) is 3.40. The van der Waals surface area contributed by atoms with E-state index in [4.69, 9.17) is 0 Å². The minimum atomic E-state index is -1.04. The van der Waals surface area contributed by atoms with Gasteiger partial charge in [0, 0.05) is 29.8 Å². The Morgan fingerprint density at radius 3 is 2.20 bits per heavy atom. The van der Waals surface area contributed by atoms with E-state index in [0.717, 1.165) is 23.4 Å². The monoisotopic (exact) mass is 340 g/mol. The van der Waals surface area contributed by atoms with Crippen molar-refractivity contribution in [2.75, 3.05) is 10.6 Å². The summed E-state index contributed by atoms with van der Waals surface area (Å²) in [6, 6.07) is 10.8. The predicted molar refractivity (Wildman–Crippen MR) is 90.8 cm³/mol. The van der Waals surface area contributed by atoms with Crippen LogP contribution in [0.4, 0.5) is 26.1 Å². The summed E-state index contributed by atoms with van der Waals surface area (Å²) in [6.45, 7) is 1.99. The lowest BCUT2D eigenvalue weighted by Gasteiger charge is -2.07. The summed E-state index contributed by atoms with van der Waals surface area (Å²) in [5, 5.41) is 5.47. The minimum absolute atomic E-state index is 0.144. The fraction of sp³-hybridized carbons (Fsp3) is 0.0556. The molecule has 0 unspecified atom stereocenters. The fourth-order valence-corrected chi connectivity index (χ4v) is 2.05. The highest BCUT2D eigenvalue weighted by atomic mass is 19.2. The van der Waals surface area contributed by atoms with Crippen LogP contribution in [0.3, 0.4) is 0 Å². The van der Waals surface area contributed by atoms with Gasteiger partial charge in [-0.3, -0.25) is 4.79 Å². The van der Waals surface area contributed by atoms with Crippen LogP contribution in [0, 0.1) is 18.6 Å². The number of anilines is 3. The Hall–Kier alpha value is -3.35.